The van der Waals surface area contributed by atoms with E-state index in [0.29, 0.717) is 15.6 Å². The zero-order valence-corrected chi connectivity index (χ0v) is 10.3. The Morgan fingerprint density at radius 3 is 2.67 bits per heavy atom. The van der Waals surface area contributed by atoms with Crippen LogP contribution in [0.1, 0.15) is 20.4 Å². The first-order chi connectivity index (χ1) is 8.56. The van der Waals surface area contributed by atoms with Crippen LogP contribution in [0.5, 0.6) is 5.75 Å². The van der Waals surface area contributed by atoms with Crippen molar-refractivity contribution < 1.29 is 19.0 Å². The molecule has 4 nitrogen and oxygen atoms in total. The molecule has 1 aromatic heterocycles. The molecular weight excluding hydrogens is 257 g/mol. The molecular formula is C12H10FNO3S. The Kier molecular flexibility index (Phi) is 3.57. The van der Waals surface area contributed by atoms with E-state index < -0.39 is 5.97 Å². The largest absolute Gasteiger partial charge is 0.486 e. The van der Waals surface area contributed by atoms with Gasteiger partial charge in [0.1, 0.15) is 23.2 Å². The van der Waals surface area contributed by atoms with Gasteiger partial charge in [-0.3, -0.25) is 0 Å². The number of halogens is 1. The van der Waals surface area contributed by atoms with E-state index in [1.165, 1.54) is 35.6 Å². The fourth-order valence-corrected chi connectivity index (χ4v) is 2.23. The van der Waals surface area contributed by atoms with E-state index in [-0.39, 0.29) is 18.1 Å². The van der Waals surface area contributed by atoms with Crippen LogP contribution in [0.2, 0.25) is 0 Å². The monoisotopic (exact) mass is 267 g/mol. The summed E-state index contributed by atoms with van der Waals surface area (Å²) >= 11 is 1.27. The molecule has 2 aromatic rings. The first-order valence-electron chi connectivity index (χ1n) is 5.14. The SMILES string of the molecule is Cc1sc(COc2ccc(F)cc2)nc1C(=O)O. The number of aromatic nitrogens is 1. The fraction of sp³-hybridized carbons (Fsp3) is 0.167. The second kappa shape index (κ2) is 5.14. The maximum Gasteiger partial charge on any atom is 0.355 e. The summed E-state index contributed by atoms with van der Waals surface area (Å²) in [6, 6.07) is 5.61. The summed E-state index contributed by atoms with van der Waals surface area (Å²) < 4.78 is 18.0. The molecule has 0 aliphatic rings. The molecule has 94 valence electrons. The molecule has 0 saturated heterocycles. The Labute approximate surface area is 107 Å². The second-order valence-electron chi connectivity index (χ2n) is 3.56. The number of carboxylic acids is 1. The van der Waals surface area contributed by atoms with Crippen LogP contribution in [0.15, 0.2) is 24.3 Å². The number of hydrogen-bond acceptors (Lipinski definition) is 4. The third-order valence-electron chi connectivity index (χ3n) is 2.22. The molecule has 0 unspecified atom stereocenters. The molecule has 18 heavy (non-hydrogen) atoms. The lowest BCUT2D eigenvalue weighted by molar-refractivity contribution is 0.0690. The minimum atomic E-state index is -1.04. The molecule has 6 heteroatoms. The van der Waals surface area contributed by atoms with Gasteiger partial charge in [-0.1, -0.05) is 0 Å². The predicted molar refractivity (Wildman–Crippen MR) is 64.5 cm³/mol. The van der Waals surface area contributed by atoms with Gasteiger partial charge in [-0.05, 0) is 31.2 Å². The van der Waals surface area contributed by atoms with Crippen molar-refractivity contribution in [2.75, 3.05) is 0 Å². The summed E-state index contributed by atoms with van der Waals surface area (Å²) in [7, 11) is 0. The van der Waals surface area contributed by atoms with E-state index in [9.17, 15) is 9.18 Å². The molecule has 0 fully saturated rings. The Morgan fingerprint density at radius 1 is 1.44 bits per heavy atom. The molecule has 1 N–H and O–H groups in total. The van der Waals surface area contributed by atoms with Crippen LogP contribution in [-0.2, 0) is 6.61 Å². The van der Waals surface area contributed by atoms with Crippen LogP contribution >= 0.6 is 11.3 Å². The zero-order valence-electron chi connectivity index (χ0n) is 9.51. The fourth-order valence-electron chi connectivity index (χ4n) is 1.39. The summed E-state index contributed by atoms with van der Waals surface area (Å²) in [5.74, 6) is -0.862. The van der Waals surface area contributed by atoms with Gasteiger partial charge in [0.25, 0.3) is 0 Å². The van der Waals surface area contributed by atoms with Crippen molar-refractivity contribution in [1.82, 2.24) is 4.98 Å². The average Bonchev–Trinajstić information content (AvgIpc) is 2.70. The van der Waals surface area contributed by atoms with E-state index in [1.54, 1.807) is 6.92 Å². The van der Waals surface area contributed by atoms with Gasteiger partial charge in [0.2, 0.25) is 0 Å². The van der Waals surface area contributed by atoms with E-state index in [2.05, 4.69) is 4.98 Å². The van der Waals surface area contributed by atoms with Crippen molar-refractivity contribution in [3.63, 3.8) is 0 Å². The van der Waals surface area contributed by atoms with E-state index in [4.69, 9.17) is 9.84 Å². The number of rotatable bonds is 4. The van der Waals surface area contributed by atoms with Crippen LogP contribution in [0, 0.1) is 12.7 Å². The predicted octanol–water partition coefficient (Wildman–Crippen LogP) is 2.87. The number of aromatic carboxylic acids is 1. The Bertz CT molecular complexity index is 565. The first kappa shape index (κ1) is 12.5. The maximum absolute atomic E-state index is 12.7. The number of nitrogens with zero attached hydrogens (tertiary/aromatic N) is 1. The normalized spacial score (nSPS) is 10.3. The van der Waals surface area contributed by atoms with Gasteiger partial charge in [0.15, 0.2) is 5.69 Å². The molecule has 0 aliphatic heterocycles. The molecule has 0 bridgehead atoms. The minimum Gasteiger partial charge on any atom is -0.486 e. The van der Waals surface area contributed by atoms with Gasteiger partial charge in [-0.25, -0.2) is 14.2 Å². The van der Waals surface area contributed by atoms with E-state index in [0.717, 1.165) is 0 Å². The highest BCUT2D eigenvalue weighted by atomic mass is 32.1. The van der Waals surface area contributed by atoms with E-state index in [1.807, 2.05) is 0 Å². The Hall–Kier alpha value is -1.95. The Morgan fingerprint density at radius 2 is 2.11 bits per heavy atom. The molecule has 1 heterocycles. The number of carbonyl (C=O) groups is 1. The lowest BCUT2D eigenvalue weighted by Crippen LogP contribution is -2.00. The summed E-state index contributed by atoms with van der Waals surface area (Å²) in [5.41, 5.74) is 0.0534. The van der Waals surface area contributed by atoms with Crippen molar-refractivity contribution in [2.24, 2.45) is 0 Å². The number of benzene rings is 1. The second-order valence-corrected chi connectivity index (χ2v) is 4.85. The smallest absolute Gasteiger partial charge is 0.355 e. The molecule has 2 rings (SSSR count). The van der Waals surface area contributed by atoms with Gasteiger partial charge in [-0.15, -0.1) is 11.3 Å². The third kappa shape index (κ3) is 2.84. The number of carboxylic acid groups (broad SMARTS) is 1. The highest BCUT2D eigenvalue weighted by Gasteiger charge is 2.14. The summed E-state index contributed by atoms with van der Waals surface area (Å²) in [6.07, 6.45) is 0. The first-order valence-corrected chi connectivity index (χ1v) is 5.96. The highest BCUT2D eigenvalue weighted by molar-refractivity contribution is 7.11. The van der Waals surface area contributed by atoms with Crippen LogP contribution in [0.3, 0.4) is 0 Å². The third-order valence-corrected chi connectivity index (χ3v) is 3.16. The quantitative estimate of drug-likeness (QED) is 0.925. The molecule has 0 amide bonds. The molecule has 1 aromatic carbocycles. The van der Waals surface area contributed by atoms with Gasteiger partial charge < -0.3 is 9.84 Å². The number of aryl methyl sites for hydroxylation is 1. The van der Waals surface area contributed by atoms with Gasteiger partial charge in [-0.2, -0.15) is 0 Å². The van der Waals surface area contributed by atoms with Gasteiger partial charge in [0.05, 0.1) is 0 Å². The topological polar surface area (TPSA) is 59.4 Å². The Balaban J connectivity index is 2.04. The van der Waals surface area contributed by atoms with Crippen molar-refractivity contribution in [1.29, 1.82) is 0 Å². The van der Waals surface area contributed by atoms with Crippen LogP contribution in [-0.4, -0.2) is 16.1 Å². The summed E-state index contributed by atoms with van der Waals surface area (Å²) in [6.45, 7) is 1.87. The van der Waals surface area contributed by atoms with Gasteiger partial charge >= 0.3 is 5.97 Å². The summed E-state index contributed by atoms with van der Waals surface area (Å²) in [5, 5.41) is 9.43. The van der Waals surface area contributed by atoms with Crippen LogP contribution in [0.4, 0.5) is 4.39 Å². The average molecular weight is 267 g/mol. The molecule has 0 aliphatic carbocycles. The highest BCUT2D eigenvalue weighted by Crippen LogP contribution is 2.20. The lowest BCUT2D eigenvalue weighted by Gasteiger charge is -2.02. The van der Waals surface area contributed by atoms with Crippen molar-refractivity contribution in [3.8, 4) is 5.75 Å². The van der Waals surface area contributed by atoms with Crippen LogP contribution < -0.4 is 4.74 Å². The zero-order chi connectivity index (χ0) is 13.1. The molecule has 0 radical (unpaired) electrons. The molecule has 0 saturated carbocycles. The van der Waals surface area contributed by atoms with Crippen molar-refractivity contribution >= 4 is 17.3 Å². The van der Waals surface area contributed by atoms with Crippen molar-refractivity contribution in [3.05, 3.63) is 45.7 Å². The number of ether oxygens (including phenoxy) is 1. The molecule has 0 atom stereocenters. The minimum absolute atomic E-state index is 0.0534. The number of hydrogen-bond donors (Lipinski definition) is 1. The van der Waals surface area contributed by atoms with E-state index >= 15 is 0 Å². The molecule has 0 spiro atoms. The van der Waals surface area contributed by atoms with Gasteiger partial charge in [0, 0.05) is 4.88 Å². The standard InChI is InChI=1S/C12H10FNO3S/c1-7-11(12(15)16)14-10(18-7)6-17-9-4-2-8(13)3-5-9/h2-5H,6H2,1H3,(H,15,16). The maximum atomic E-state index is 12.7. The summed E-state index contributed by atoms with van der Waals surface area (Å²) in [4.78, 5) is 15.4. The lowest BCUT2D eigenvalue weighted by atomic mass is 10.3. The number of thiazole rings is 1. The van der Waals surface area contributed by atoms with Crippen LogP contribution in [0.25, 0.3) is 0 Å². The van der Waals surface area contributed by atoms with Crippen molar-refractivity contribution in [2.45, 2.75) is 13.5 Å².